The fraction of sp³-hybridized carbons (Fsp3) is 0.480. The maximum atomic E-state index is 13.2. The number of ether oxygens (including phenoxy) is 1. The van der Waals surface area contributed by atoms with Gasteiger partial charge in [0, 0.05) is 48.4 Å². The zero-order chi connectivity index (χ0) is 23.5. The van der Waals surface area contributed by atoms with E-state index in [2.05, 4.69) is 15.5 Å². The molecule has 2 N–H and O–H groups in total. The van der Waals surface area contributed by atoms with Gasteiger partial charge in [-0.15, -0.1) is 11.8 Å². The van der Waals surface area contributed by atoms with Gasteiger partial charge in [0.25, 0.3) is 0 Å². The molecule has 9 heteroatoms. The van der Waals surface area contributed by atoms with Crippen LogP contribution in [0.25, 0.3) is 0 Å². The van der Waals surface area contributed by atoms with E-state index in [4.69, 9.17) is 4.74 Å². The van der Waals surface area contributed by atoms with Gasteiger partial charge in [-0.25, -0.2) is 8.42 Å². The van der Waals surface area contributed by atoms with E-state index in [0.29, 0.717) is 31.1 Å². The van der Waals surface area contributed by atoms with Gasteiger partial charge in [0.05, 0.1) is 23.0 Å². The summed E-state index contributed by atoms with van der Waals surface area (Å²) in [5.74, 6) is 1.14. The summed E-state index contributed by atoms with van der Waals surface area (Å²) < 4.78 is 31.8. The van der Waals surface area contributed by atoms with Crippen LogP contribution < -0.4 is 15.5 Å². The molecule has 2 aliphatic heterocycles. The number of morpholine rings is 1. The van der Waals surface area contributed by atoms with E-state index in [1.807, 2.05) is 17.8 Å². The molecule has 2 saturated heterocycles. The van der Waals surface area contributed by atoms with Gasteiger partial charge in [-0.05, 0) is 55.2 Å². The maximum absolute atomic E-state index is 13.2. The number of anilines is 1. The van der Waals surface area contributed by atoms with Crippen molar-refractivity contribution in [3.8, 4) is 0 Å². The number of hydrogen-bond donors (Lipinski definition) is 2. The van der Waals surface area contributed by atoms with Crippen molar-refractivity contribution in [3.05, 3.63) is 54.1 Å². The minimum Gasteiger partial charge on any atom is -0.378 e. The van der Waals surface area contributed by atoms with Crippen molar-refractivity contribution in [2.75, 3.05) is 37.1 Å². The fourth-order valence-corrected chi connectivity index (χ4v) is 7.63. The lowest BCUT2D eigenvalue weighted by atomic mass is 9.85. The summed E-state index contributed by atoms with van der Waals surface area (Å²) in [6, 6.07) is 14.5. The Morgan fingerprint density at radius 3 is 2.68 bits per heavy atom. The second-order valence-corrected chi connectivity index (χ2v) is 12.3. The third-order valence-corrected chi connectivity index (χ3v) is 10.1. The molecule has 3 aliphatic rings. The van der Waals surface area contributed by atoms with Crippen molar-refractivity contribution in [3.63, 3.8) is 0 Å². The van der Waals surface area contributed by atoms with Crippen molar-refractivity contribution in [2.24, 2.45) is 5.92 Å². The van der Waals surface area contributed by atoms with Crippen molar-refractivity contribution in [1.29, 1.82) is 0 Å². The molecule has 1 amide bonds. The lowest BCUT2D eigenvalue weighted by molar-refractivity contribution is -0.126. The number of thioether (sulfide) groups is 1. The minimum absolute atomic E-state index is 0.0621. The molecule has 2 heterocycles. The molecule has 34 heavy (non-hydrogen) atoms. The highest BCUT2D eigenvalue weighted by Crippen LogP contribution is 2.36. The highest BCUT2D eigenvalue weighted by Gasteiger charge is 2.36. The SMILES string of the molecule is O=C(NCc1ccc(S(=O)(=O)c2cccc(N3CCOCC3)c2)cc1)C1CCC2NCSC2C1. The van der Waals surface area contributed by atoms with Crippen LogP contribution in [0.4, 0.5) is 5.69 Å². The van der Waals surface area contributed by atoms with Crippen LogP contribution >= 0.6 is 11.8 Å². The Morgan fingerprint density at radius 1 is 1.09 bits per heavy atom. The van der Waals surface area contributed by atoms with Gasteiger partial charge >= 0.3 is 0 Å². The molecule has 1 saturated carbocycles. The minimum atomic E-state index is -3.63. The van der Waals surface area contributed by atoms with Crippen LogP contribution in [0.1, 0.15) is 24.8 Å². The number of nitrogens with zero attached hydrogens (tertiary/aromatic N) is 1. The van der Waals surface area contributed by atoms with Gasteiger partial charge in [0.15, 0.2) is 0 Å². The molecule has 1 aliphatic carbocycles. The normalized spacial score (nSPS) is 25.1. The molecule has 3 atom stereocenters. The second-order valence-electron chi connectivity index (χ2n) is 9.13. The van der Waals surface area contributed by atoms with Gasteiger partial charge in [-0.2, -0.15) is 0 Å². The molecule has 0 spiro atoms. The molecule has 2 aromatic carbocycles. The lowest BCUT2D eigenvalue weighted by Crippen LogP contribution is -2.41. The number of carbonyl (C=O) groups excluding carboxylic acids is 1. The van der Waals surface area contributed by atoms with E-state index in [-0.39, 0.29) is 21.6 Å². The number of sulfone groups is 1. The molecule has 3 unspecified atom stereocenters. The average molecular weight is 502 g/mol. The Kier molecular flexibility index (Phi) is 7.15. The fourth-order valence-electron chi connectivity index (χ4n) is 4.97. The first-order chi connectivity index (χ1) is 16.5. The Balaban J connectivity index is 1.21. The van der Waals surface area contributed by atoms with Crippen LogP contribution in [0.3, 0.4) is 0 Å². The summed E-state index contributed by atoms with van der Waals surface area (Å²) in [5.41, 5.74) is 1.78. The molecule has 5 rings (SSSR count). The predicted octanol–water partition coefficient (Wildman–Crippen LogP) is 2.80. The molecule has 182 valence electrons. The summed E-state index contributed by atoms with van der Waals surface area (Å²) in [6.07, 6.45) is 2.89. The summed E-state index contributed by atoms with van der Waals surface area (Å²) in [6.45, 7) is 3.20. The molecule has 0 radical (unpaired) electrons. The summed E-state index contributed by atoms with van der Waals surface area (Å²) in [4.78, 5) is 15.4. The predicted molar refractivity (Wildman–Crippen MR) is 134 cm³/mol. The Labute approximate surface area is 205 Å². The lowest BCUT2D eigenvalue weighted by Gasteiger charge is -2.30. The summed E-state index contributed by atoms with van der Waals surface area (Å²) in [5, 5.41) is 7.09. The topological polar surface area (TPSA) is 87.7 Å². The summed E-state index contributed by atoms with van der Waals surface area (Å²) >= 11 is 1.92. The van der Waals surface area contributed by atoms with Crippen LogP contribution in [0, 0.1) is 5.92 Å². The van der Waals surface area contributed by atoms with Crippen molar-refractivity contribution in [2.45, 2.75) is 46.9 Å². The Bertz CT molecular complexity index is 1120. The third-order valence-electron chi connectivity index (χ3n) is 7.01. The van der Waals surface area contributed by atoms with E-state index in [9.17, 15) is 13.2 Å². The molecule has 0 bridgehead atoms. The van der Waals surface area contributed by atoms with Crippen LogP contribution in [-0.2, 0) is 25.9 Å². The molecular formula is C25H31N3O4S2. The Morgan fingerprint density at radius 2 is 1.88 bits per heavy atom. The van der Waals surface area contributed by atoms with E-state index >= 15 is 0 Å². The van der Waals surface area contributed by atoms with Crippen LogP contribution in [0.15, 0.2) is 58.3 Å². The highest BCUT2D eigenvalue weighted by atomic mass is 32.2. The van der Waals surface area contributed by atoms with Gasteiger partial charge in [0.2, 0.25) is 15.7 Å². The van der Waals surface area contributed by atoms with Crippen LogP contribution in [0.5, 0.6) is 0 Å². The first-order valence-corrected chi connectivity index (χ1v) is 14.4. The highest BCUT2D eigenvalue weighted by molar-refractivity contribution is 8.00. The maximum Gasteiger partial charge on any atom is 0.223 e. The zero-order valence-electron chi connectivity index (χ0n) is 19.1. The smallest absolute Gasteiger partial charge is 0.223 e. The Hall–Kier alpha value is -2.07. The van der Waals surface area contributed by atoms with E-state index in [1.165, 1.54) is 0 Å². The third kappa shape index (κ3) is 5.12. The van der Waals surface area contributed by atoms with Crippen molar-refractivity contribution < 1.29 is 17.9 Å². The number of nitrogens with one attached hydrogen (secondary N) is 2. The largest absolute Gasteiger partial charge is 0.378 e. The van der Waals surface area contributed by atoms with Gasteiger partial charge in [0.1, 0.15) is 0 Å². The number of fused-ring (bicyclic) bond motifs is 1. The summed E-state index contributed by atoms with van der Waals surface area (Å²) in [7, 11) is -3.63. The molecule has 7 nitrogen and oxygen atoms in total. The van der Waals surface area contributed by atoms with Crippen LogP contribution in [0.2, 0.25) is 0 Å². The number of carbonyl (C=O) groups is 1. The molecule has 2 aromatic rings. The van der Waals surface area contributed by atoms with E-state index < -0.39 is 9.84 Å². The van der Waals surface area contributed by atoms with Gasteiger partial charge in [-0.1, -0.05) is 18.2 Å². The quantitative estimate of drug-likeness (QED) is 0.629. The number of rotatable bonds is 6. The van der Waals surface area contributed by atoms with E-state index in [0.717, 1.165) is 49.5 Å². The molecule has 3 fully saturated rings. The standard InChI is InChI=1S/C25H31N3O4S2/c29-25(19-6-9-23-24(14-19)33-17-27-23)26-16-18-4-7-21(8-5-18)34(30,31)22-3-1-2-20(15-22)28-10-12-32-13-11-28/h1-5,7-8,15,19,23-24,27H,6,9-14,16-17H2,(H,26,29). The number of amides is 1. The van der Waals surface area contributed by atoms with E-state index in [1.54, 1.807) is 42.5 Å². The molecule has 0 aromatic heterocycles. The monoisotopic (exact) mass is 501 g/mol. The number of benzene rings is 2. The average Bonchev–Trinajstić information content (AvgIpc) is 3.36. The van der Waals surface area contributed by atoms with Crippen LogP contribution in [-0.4, -0.2) is 57.8 Å². The van der Waals surface area contributed by atoms with Crippen molar-refractivity contribution >= 4 is 33.2 Å². The van der Waals surface area contributed by atoms with Crippen molar-refractivity contribution in [1.82, 2.24) is 10.6 Å². The zero-order valence-corrected chi connectivity index (χ0v) is 20.7. The first kappa shape index (κ1) is 23.7. The van der Waals surface area contributed by atoms with Gasteiger partial charge in [-0.3, -0.25) is 4.79 Å². The first-order valence-electron chi connectivity index (χ1n) is 11.9. The van der Waals surface area contributed by atoms with Gasteiger partial charge < -0.3 is 20.3 Å². The molecular weight excluding hydrogens is 470 g/mol. The number of hydrogen-bond acceptors (Lipinski definition) is 7. The second kappa shape index (κ2) is 10.3.